The molecule has 2 rings (SSSR count). The van der Waals surface area contributed by atoms with E-state index in [4.69, 9.17) is 4.74 Å². The fraction of sp³-hybridized carbons (Fsp3) is 1.00. The molecule has 0 saturated carbocycles. The second-order valence-corrected chi connectivity index (χ2v) is 5.59. The fourth-order valence-electron chi connectivity index (χ4n) is 2.57. The number of hydrogen-bond donors (Lipinski definition) is 0. The maximum Gasteiger partial charge on any atom is 0.106 e. The lowest BCUT2D eigenvalue weighted by molar-refractivity contribution is -0.194. The molecule has 0 N–H and O–H groups in total. The molecule has 3 nitrogen and oxygen atoms in total. The predicted molar refractivity (Wildman–Crippen MR) is 62.1 cm³/mol. The van der Waals surface area contributed by atoms with Crippen LogP contribution in [0.5, 0.6) is 0 Å². The summed E-state index contributed by atoms with van der Waals surface area (Å²) >= 11 is 0. The van der Waals surface area contributed by atoms with Crippen molar-refractivity contribution >= 4 is 0 Å². The van der Waals surface area contributed by atoms with Crippen molar-refractivity contribution in [2.45, 2.75) is 45.4 Å². The Hall–Kier alpha value is -0.120. The highest BCUT2D eigenvalue weighted by Crippen LogP contribution is 2.31. The summed E-state index contributed by atoms with van der Waals surface area (Å²) in [5.41, 5.74) is 0.160. The Morgan fingerprint density at radius 1 is 0.933 bits per heavy atom. The molecule has 0 bridgehead atoms. The van der Waals surface area contributed by atoms with Gasteiger partial charge >= 0.3 is 0 Å². The van der Waals surface area contributed by atoms with Gasteiger partial charge in [0, 0.05) is 38.3 Å². The molecule has 15 heavy (non-hydrogen) atoms. The molecular weight excluding hydrogens is 188 g/mol. The molecule has 2 saturated heterocycles. The molecule has 0 radical (unpaired) electrons. The molecule has 0 aromatic carbocycles. The maximum atomic E-state index is 5.98. The van der Waals surface area contributed by atoms with Gasteiger partial charge in [-0.2, -0.15) is 0 Å². The average molecular weight is 212 g/mol. The first kappa shape index (κ1) is 11.4. The molecule has 2 aliphatic rings. The zero-order chi connectivity index (χ0) is 11.1. The number of hydrogen-bond acceptors (Lipinski definition) is 3. The first-order valence-electron chi connectivity index (χ1n) is 6.14. The zero-order valence-corrected chi connectivity index (χ0v) is 10.5. The van der Waals surface area contributed by atoms with E-state index in [1.807, 2.05) is 0 Å². The lowest BCUT2D eigenvalue weighted by Crippen LogP contribution is -2.71. The van der Waals surface area contributed by atoms with E-state index >= 15 is 0 Å². The van der Waals surface area contributed by atoms with Crippen LogP contribution in [0.3, 0.4) is 0 Å². The molecule has 0 amide bonds. The van der Waals surface area contributed by atoms with E-state index in [1.54, 1.807) is 0 Å². The molecule has 2 fully saturated rings. The largest absolute Gasteiger partial charge is 0.370 e. The number of likely N-dealkylation sites (tertiary alicyclic amines) is 1. The Balaban J connectivity index is 1.89. The van der Waals surface area contributed by atoms with Crippen molar-refractivity contribution in [2.75, 3.05) is 32.8 Å². The molecule has 88 valence electrons. The highest BCUT2D eigenvalue weighted by atomic mass is 16.5. The highest BCUT2D eigenvalue weighted by Gasteiger charge is 2.47. The van der Waals surface area contributed by atoms with Crippen LogP contribution in [0.15, 0.2) is 0 Å². The Labute approximate surface area is 93.4 Å². The number of rotatable bonds is 2. The maximum absolute atomic E-state index is 5.98. The SMILES string of the molecule is CC(C)N1CCOC2(C1)CN(C(C)C)C2. The topological polar surface area (TPSA) is 15.7 Å². The normalized spacial score (nSPS) is 27.6. The van der Waals surface area contributed by atoms with Crippen molar-refractivity contribution < 1.29 is 4.74 Å². The van der Waals surface area contributed by atoms with Crippen molar-refractivity contribution in [3.8, 4) is 0 Å². The van der Waals surface area contributed by atoms with E-state index in [2.05, 4.69) is 37.5 Å². The number of nitrogens with zero attached hydrogens (tertiary/aromatic N) is 2. The molecule has 3 heteroatoms. The van der Waals surface area contributed by atoms with Crippen molar-refractivity contribution in [3.05, 3.63) is 0 Å². The van der Waals surface area contributed by atoms with Crippen LogP contribution in [0.2, 0.25) is 0 Å². The van der Waals surface area contributed by atoms with E-state index in [0.717, 1.165) is 32.8 Å². The second-order valence-electron chi connectivity index (χ2n) is 5.59. The summed E-state index contributed by atoms with van der Waals surface area (Å²) in [6.45, 7) is 14.4. The van der Waals surface area contributed by atoms with Gasteiger partial charge in [-0.1, -0.05) is 0 Å². The van der Waals surface area contributed by atoms with Gasteiger partial charge in [-0.3, -0.25) is 9.80 Å². The Morgan fingerprint density at radius 3 is 2.00 bits per heavy atom. The Morgan fingerprint density at radius 2 is 1.47 bits per heavy atom. The van der Waals surface area contributed by atoms with E-state index in [1.165, 1.54) is 0 Å². The monoisotopic (exact) mass is 212 g/mol. The minimum absolute atomic E-state index is 0.160. The van der Waals surface area contributed by atoms with E-state index in [9.17, 15) is 0 Å². The molecule has 0 aliphatic carbocycles. The van der Waals surface area contributed by atoms with Crippen molar-refractivity contribution in [2.24, 2.45) is 0 Å². The summed E-state index contributed by atoms with van der Waals surface area (Å²) in [5.74, 6) is 0. The lowest BCUT2D eigenvalue weighted by Gasteiger charge is -2.56. The standard InChI is InChI=1S/C12H24N2O/c1-10(2)13-5-6-15-12(7-13)8-14(9-12)11(3)4/h10-11H,5-9H2,1-4H3. The zero-order valence-electron chi connectivity index (χ0n) is 10.5. The second kappa shape index (κ2) is 4.04. The molecule has 0 aromatic rings. The van der Waals surface area contributed by atoms with Gasteiger partial charge in [0.15, 0.2) is 0 Å². The van der Waals surface area contributed by atoms with Gasteiger partial charge in [0.05, 0.1) is 6.61 Å². The smallest absolute Gasteiger partial charge is 0.106 e. The highest BCUT2D eigenvalue weighted by molar-refractivity contribution is 5.02. The van der Waals surface area contributed by atoms with Gasteiger partial charge in [0.25, 0.3) is 0 Å². The van der Waals surface area contributed by atoms with Crippen LogP contribution >= 0.6 is 0 Å². The summed E-state index contributed by atoms with van der Waals surface area (Å²) in [7, 11) is 0. The third-order valence-electron chi connectivity index (χ3n) is 3.72. The van der Waals surface area contributed by atoms with E-state index in [-0.39, 0.29) is 5.60 Å². The van der Waals surface area contributed by atoms with Gasteiger partial charge in [0.2, 0.25) is 0 Å². The molecular formula is C12H24N2O. The van der Waals surface area contributed by atoms with Crippen molar-refractivity contribution in [1.29, 1.82) is 0 Å². The first-order chi connectivity index (χ1) is 7.02. The fourth-order valence-corrected chi connectivity index (χ4v) is 2.57. The summed E-state index contributed by atoms with van der Waals surface area (Å²) in [6, 6.07) is 1.31. The first-order valence-corrected chi connectivity index (χ1v) is 6.14. The van der Waals surface area contributed by atoms with Crippen LogP contribution in [0, 0.1) is 0 Å². The van der Waals surface area contributed by atoms with Crippen molar-refractivity contribution in [3.63, 3.8) is 0 Å². The van der Waals surface area contributed by atoms with Gasteiger partial charge < -0.3 is 4.74 Å². The minimum atomic E-state index is 0.160. The molecule has 2 heterocycles. The van der Waals surface area contributed by atoms with Crippen molar-refractivity contribution in [1.82, 2.24) is 9.80 Å². The molecule has 0 unspecified atom stereocenters. The van der Waals surface area contributed by atoms with Crippen LogP contribution in [-0.2, 0) is 4.74 Å². The minimum Gasteiger partial charge on any atom is -0.370 e. The van der Waals surface area contributed by atoms with E-state index < -0.39 is 0 Å². The molecule has 0 aromatic heterocycles. The predicted octanol–water partition coefficient (Wildman–Crippen LogP) is 1.19. The summed E-state index contributed by atoms with van der Waals surface area (Å²) in [4.78, 5) is 5.03. The average Bonchev–Trinajstić information content (AvgIpc) is 2.13. The molecule has 0 atom stereocenters. The quantitative estimate of drug-likeness (QED) is 0.684. The Kier molecular flexibility index (Phi) is 3.06. The number of ether oxygens (including phenoxy) is 1. The third-order valence-corrected chi connectivity index (χ3v) is 3.72. The van der Waals surface area contributed by atoms with Crippen LogP contribution in [0.1, 0.15) is 27.7 Å². The summed E-state index contributed by atoms with van der Waals surface area (Å²) in [6.07, 6.45) is 0. The van der Waals surface area contributed by atoms with Crippen LogP contribution in [-0.4, -0.2) is 60.3 Å². The van der Waals surface area contributed by atoms with Crippen LogP contribution in [0.4, 0.5) is 0 Å². The van der Waals surface area contributed by atoms with Gasteiger partial charge in [-0.15, -0.1) is 0 Å². The van der Waals surface area contributed by atoms with Gasteiger partial charge in [-0.25, -0.2) is 0 Å². The molecule has 1 spiro atoms. The van der Waals surface area contributed by atoms with E-state index in [0.29, 0.717) is 12.1 Å². The molecule has 2 aliphatic heterocycles. The lowest BCUT2D eigenvalue weighted by atomic mass is 9.90. The van der Waals surface area contributed by atoms with Crippen LogP contribution in [0.25, 0.3) is 0 Å². The Bertz CT molecular complexity index is 222. The summed E-state index contributed by atoms with van der Waals surface area (Å²) < 4.78 is 5.98. The number of morpholine rings is 1. The third kappa shape index (κ3) is 2.19. The summed E-state index contributed by atoms with van der Waals surface area (Å²) in [5, 5.41) is 0. The van der Waals surface area contributed by atoms with Gasteiger partial charge in [-0.05, 0) is 27.7 Å². The van der Waals surface area contributed by atoms with Crippen LogP contribution < -0.4 is 0 Å². The van der Waals surface area contributed by atoms with Gasteiger partial charge in [0.1, 0.15) is 5.60 Å².